The highest BCUT2D eigenvalue weighted by atomic mass is 35.5. The zero-order valence-corrected chi connectivity index (χ0v) is 18.0. The van der Waals surface area contributed by atoms with E-state index in [1.54, 1.807) is 43.6 Å². The molecule has 4 rings (SSSR count). The Bertz CT molecular complexity index is 1240. The normalized spacial score (nSPS) is 10.6. The fourth-order valence-corrected chi connectivity index (χ4v) is 3.54. The van der Waals surface area contributed by atoms with Crippen LogP contribution in [0.3, 0.4) is 0 Å². The number of aromatic nitrogens is 3. The molecule has 32 heavy (non-hydrogen) atoms. The minimum absolute atomic E-state index is 0.213. The second-order valence-electron chi connectivity index (χ2n) is 7.07. The van der Waals surface area contributed by atoms with Crippen molar-refractivity contribution < 1.29 is 9.59 Å². The van der Waals surface area contributed by atoms with Crippen LogP contribution in [0.25, 0.3) is 5.69 Å². The third kappa shape index (κ3) is 4.68. The zero-order valence-electron chi connectivity index (χ0n) is 17.2. The van der Waals surface area contributed by atoms with Gasteiger partial charge in [-0.05, 0) is 55.0 Å². The van der Waals surface area contributed by atoms with E-state index < -0.39 is 0 Å². The Kier molecular flexibility index (Phi) is 6.28. The summed E-state index contributed by atoms with van der Waals surface area (Å²) in [6.45, 7) is 2.12. The maximum absolute atomic E-state index is 12.8. The summed E-state index contributed by atoms with van der Waals surface area (Å²) in [5.74, 6) is -0.585. The van der Waals surface area contributed by atoms with Gasteiger partial charge in [-0.15, -0.1) is 0 Å². The van der Waals surface area contributed by atoms with E-state index in [0.29, 0.717) is 29.1 Å². The summed E-state index contributed by atoms with van der Waals surface area (Å²) in [7, 11) is 0. The molecule has 0 fully saturated rings. The lowest BCUT2D eigenvalue weighted by atomic mass is 10.1. The number of benzene rings is 2. The maximum atomic E-state index is 12.8. The van der Waals surface area contributed by atoms with Crippen LogP contribution < -0.4 is 10.6 Å². The molecule has 0 aliphatic carbocycles. The van der Waals surface area contributed by atoms with E-state index in [9.17, 15) is 9.59 Å². The number of carbonyl (C=O) groups excluding carboxylic acids is 2. The van der Waals surface area contributed by atoms with Crippen LogP contribution in [0.15, 0.2) is 79.1 Å². The molecule has 0 unspecified atom stereocenters. The van der Waals surface area contributed by atoms with Crippen LogP contribution in [0.1, 0.15) is 32.0 Å². The topological polar surface area (TPSA) is 88.9 Å². The standard InChI is InChI=1S/C24H20ClN5O2/c1-16-21(22(25)30(29-16)20-7-3-2-4-8-20)24(32)28-19-11-9-18(10-12-19)23(31)27-15-17-6-5-13-26-14-17/h2-14H,15H2,1H3,(H,27,31)(H,28,32). The number of anilines is 1. The van der Waals surface area contributed by atoms with Crippen molar-refractivity contribution in [3.8, 4) is 5.69 Å². The van der Waals surface area contributed by atoms with E-state index in [4.69, 9.17) is 11.6 Å². The first-order valence-electron chi connectivity index (χ1n) is 9.92. The Hall–Kier alpha value is -3.97. The largest absolute Gasteiger partial charge is 0.348 e. The summed E-state index contributed by atoms with van der Waals surface area (Å²) in [6.07, 6.45) is 3.38. The van der Waals surface area contributed by atoms with Gasteiger partial charge in [-0.2, -0.15) is 5.10 Å². The molecule has 0 aliphatic heterocycles. The Labute approximate surface area is 190 Å². The van der Waals surface area contributed by atoms with E-state index in [1.165, 1.54) is 4.68 Å². The van der Waals surface area contributed by atoms with Gasteiger partial charge in [0.15, 0.2) is 0 Å². The molecular weight excluding hydrogens is 426 g/mol. The molecule has 4 aromatic rings. The quantitative estimate of drug-likeness (QED) is 0.460. The third-order valence-corrected chi connectivity index (χ3v) is 5.16. The van der Waals surface area contributed by atoms with Gasteiger partial charge in [0.05, 0.1) is 11.4 Å². The van der Waals surface area contributed by atoms with Gasteiger partial charge in [-0.3, -0.25) is 14.6 Å². The number of rotatable bonds is 6. The molecule has 0 spiro atoms. The summed E-state index contributed by atoms with van der Waals surface area (Å²) in [5.41, 5.74) is 3.52. The number of pyridine rings is 1. The van der Waals surface area contributed by atoms with Crippen molar-refractivity contribution in [2.75, 3.05) is 5.32 Å². The second-order valence-corrected chi connectivity index (χ2v) is 7.43. The number of amides is 2. The van der Waals surface area contributed by atoms with Gasteiger partial charge in [0.1, 0.15) is 10.7 Å². The van der Waals surface area contributed by atoms with Crippen molar-refractivity contribution in [2.45, 2.75) is 13.5 Å². The Morgan fingerprint density at radius 3 is 2.41 bits per heavy atom. The lowest BCUT2D eigenvalue weighted by molar-refractivity contribution is 0.0950. The number of halogens is 1. The Morgan fingerprint density at radius 2 is 1.72 bits per heavy atom. The number of aryl methyl sites for hydroxylation is 1. The number of hydrogen-bond acceptors (Lipinski definition) is 4. The first-order chi connectivity index (χ1) is 15.5. The van der Waals surface area contributed by atoms with Crippen LogP contribution in [0.4, 0.5) is 5.69 Å². The van der Waals surface area contributed by atoms with Crippen LogP contribution in [-0.2, 0) is 6.54 Å². The zero-order chi connectivity index (χ0) is 22.5. The lowest BCUT2D eigenvalue weighted by Gasteiger charge is -2.08. The molecule has 0 saturated carbocycles. The van der Waals surface area contributed by atoms with Crippen molar-refractivity contribution in [1.29, 1.82) is 0 Å². The van der Waals surface area contributed by atoms with Crippen LogP contribution >= 0.6 is 11.6 Å². The van der Waals surface area contributed by atoms with E-state index in [2.05, 4.69) is 20.7 Å². The summed E-state index contributed by atoms with van der Waals surface area (Å²) in [5, 5.41) is 10.3. The molecule has 7 nitrogen and oxygen atoms in total. The van der Waals surface area contributed by atoms with Crippen LogP contribution in [0.2, 0.25) is 5.15 Å². The molecule has 0 saturated heterocycles. The first-order valence-corrected chi connectivity index (χ1v) is 10.3. The Balaban J connectivity index is 1.43. The Morgan fingerprint density at radius 1 is 0.969 bits per heavy atom. The fraction of sp³-hybridized carbons (Fsp3) is 0.0833. The van der Waals surface area contributed by atoms with Gasteiger partial charge in [0, 0.05) is 30.2 Å². The minimum atomic E-state index is -0.372. The molecule has 0 radical (unpaired) electrons. The van der Waals surface area contributed by atoms with Gasteiger partial charge in [-0.1, -0.05) is 35.9 Å². The number of carbonyl (C=O) groups is 2. The molecule has 2 heterocycles. The molecule has 2 aromatic heterocycles. The van der Waals surface area contributed by atoms with Gasteiger partial charge < -0.3 is 10.6 Å². The molecule has 8 heteroatoms. The van der Waals surface area contributed by atoms with Crippen molar-refractivity contribution in [3.63, 3.8) is 0 Å². The summed E-state index contributed by atoms with van der Waals surface area (Å²) in [4.78, 5) is 29.2. The lowest BCUT2D eigenvalue weighted by Crippen LogP contribution is -2.22. The minimum Gasteiger partial charge on any atom is -0.348 e. The van der Waals surface area contributed by atoms with Crippen LogP contribution in [0.5, 0.6) is 0 Å². The molecular formula is C24H20ClN5O2. The maximum Gasteiger partial charge on any atom is 0.260 e. The highest BCUT2D eigenvalue weighted by Gasteiger charge is 2.21. The van der Waals surface area contributed by atoms with E-state index in [-0.39, 0.29) is 17.0 Å². The molecule has 2 aromatic carbocycles. The van der Waals surface area contributed by atoms with Crippen molar-refractivity contribution in [3.05, 3.63) is 107 Å². The fourth-order valence-electron chi connectivity index (χ4n) is 3.18. The molecule has 2 amide bonds. The predicted molar refractivity (Wildman–Crippen MR) is 123 cm³/mol. The van der Waals surface area contributed by atoms with Gasteiger partial charge in [0.25, 0.3) is 11.8 Å². The number of hydrogen-bond donors (Lipinski definition) is 2. The predicted octanol–water partition coefficient (Wildman–Crippen LogP) is 4.41. The highest BCUT2D eigenvalue weighted by Crippen LogP contribution is 2.24. The van der Waals surface area contributed by atoms with E-state index in [1.807, 2.05) is 42.5 Å². The number of nitrogens with zero attached hydrogens (tertiary/aromatic N) is 3. The third-order valence-electron chi connectivity index (χ3n) is 4.81. The molecule has 0 atom stereocenters. The number of para-hydroxylation sites is 1. The van der Waals surface area contributed by atoms with Crippen molar-refractivity contribution in [2.24, 2.45) is 0 Å². The first kappa shape index (κ1) is 21.3. The van der Waals surface area contributed by atoms with Gasteiger partial charge >= 0.3 is 0 Å². The molecule has 0 bridgehead atoms. The van der Waals surface area contributed by atoms with Crippen molar-refractivity contribution >= 4 is 29.1 Å². The molecule has 0 aliphatic rings. The summed E-state index contributed by atoms with van der Waals surface area (Å²) in [6, 6.07) is 19.7. The SMILES string of the molecule is Cc1nn(-c2ccccc2)c(Cl)c1C(=O)Nc1ccc(C(=O)NCc2cccnc2)cc1. The van der Waals surface area contributed by atoms with Crippen LogP contribution in [-0.4, -0.2) is 26.6 Å². The molecule has 160 valence electrons. The second kappa shape index (κ2) is 9.45. The monoisotopic (exact) mass is 445 g/mol. The summed E-state index contributed by atoms with van der Waals surface area (Å²) < 4.78 is 1.53. The van der Waals surface area contributed by atoms with Gasteiger partial charge in [-0.25, -0.2) is 4.68 Å². The summed E-state index contributed by atoms with van der Waals surface area (Å²) >= 11 is 6.46. The number of nitrogens with one attached hydrogen (secondary N) is 2. The van der Waals surface area contributed by atoms with Crippen LogP contribution in [0, 0.1) is 6.92 Å². The molecule has 2 N–H and O–H groups in total. The van der Waals surface area contributed by atoms with Gasteiger partial charge in [0.2, 0.25) is 0 Å². The average molecular weight is 446 g/mol. The van der Waals surface area contributed by atoms with E-state index >= 15 is 0 Å². The highest BCUT2D eigenvalue weighted by molar-refractivity contribution is 6.34. The van der Waals surface area contributed by atoms with E-state index in [0.717, 1.165) is 11.3 Å². The van der Waals surface area contributed by atoms with Crippen molar-refractivity contribution in [1.82, 2.24) is 20.1 Å². The average Bonchev–Trinajstić information content (AvgIpc) is 3.13. The smallest absolute Gasteiger partial charge is 0.260 e.